The maximum absolute atomic E-state index is 9.15. The summed E-state index contributed by atoms with van der Waals surface area (Å²) in [5.41, 5.74) is 0. The van der Waals surface area contributed by atoms with Crippen LogP contribution in [-0.2, 0) is 0 Å². The minimum atomic E-state index is -1.66. The molecule has 0 spiro atoms. The van der Waals surface area contributed by atoms with Crippen LogP contribution in [0.25, 0.3) is 0 Å². The SMILES string of the molecule is OC[C@@H](O)[C@@H](O)[C@H](O)[C@@H](O)[CH](O)[AlH2].[H-].[H-].[Mg+2]. The van der Waals surface area contributed by atoms with Crippen molar-refractivity contribution in [2.24, 2.45) is 0 Å². The minimum Gasteiger partial charge on any atom is -1.00 e. The molecule has 0 radical (unpaired) electrons. The summed E-state index contributed by atoms with van der Waals surface area (Å²) in [5, 5.41) is 53.5. The molecule has 0 aliphatic rings. The summed E-state index contributed by atoms with van der Waals surface area (Å²) in [4.78, 5) is -1.09. The van der Waals surface area contributed by atoms with Gasteiger partial charge in [-0.05, 0) is 0 Å². The smallest absolute Gasteiger partial charge is 1.00 e. The van der Waals surface area contributed by atoms with Crippen LogP contribution in [0.5, 0.6) is 0 Å². The number of aliphatic hydroxyl groups excluding tert-OH is 6. The maximum atomic E-state index is 9.15. The fourth-order valence-corrected chi connectivity index (χ4v) is 1.22. The van der Waals surface area contributed by atoms with Gasteiger partial charge in [-0.1, -0.05) is 0 Å². The van der Waals surface area contributed by atoms with Gasteiger partial charge in [-0.3, -0.25) is 0 Å². The molecule has 0 fully saturated rings. The maximum Gasteiger partial charge on any atom is 2.00 e. The van der Waals surface area contributed by atoms with Crippen LogP contribution in [-0.4, -0.2) is 106 Å². The van der Waals surface area contributed by atoms with E-state index in [0.717, 1.165) is 0 Å². The van der Waals surface area contributed by atoms with Gasteiger partial charge in [0.1, 0.15) is 18.3 Å². The summed E-state index contributed by atoms with van der Waals surface area (Å²) in [6.07, 6.45) is -6.34. The van der Waals surface area contributed by atoms with Crippen molar-refractivity contribution in [2.45, 2.75) is 29.4 Å². The van der Waals surface area contributed by atoms with Gasteiger partial charge in [0.05, 0.1) is 12.7 Å². The molecule has 0 aromatic rings. The third-order valence-corrected chi connectivity index (χ3v) is 2.46. The fraction of sp³-hybridized carbons (Fsp3) is 1.00. The second-order valence-corrected chi connectivity index (χ2v) is 4.15. The molecule has 0 rings (SSSR count). The van der Waals surface area contributed by atoms with E-state index < -0.39 is 36.0 Å². The predicted octanol–water partition coefficient (Wildman–Crippen LogP) is -4.78. The van der Waals surface area contributed by atoms with E-state index in [0.29, 0.717) is 0 Å². The average Bonchev–Trinajstić information content (AvgIpc) is 2.12. The third-order valence-electron chi connectivity index (χ3n) is 1.78. The fourth-order valence-electron chi connectivity index (χ4n) is 0.823. The summed E-state index contributed by atoms with van der Waals surface area (Å²) in [7, 11) is 0. The van der Waals surface area contributed by atoms with Crippen molar-refractivity contribution in [3.63, 3.8) is 0 Å². The Morgan fingerprint density at radius 3 is 1.64 bits per heavy atom. The van der Waals surface area contributed by atoms with Crippen molar-refractivity contribution in [1.82, 2.24) is 0 Å². The van der Waals surface area contributed by atoms with Crippen molar-refractivity contribution in [1.29, 1.82) is 0 Å². The van der Waals surface area contributed by atoms with E-state index >= 15 is 0 Å². The van der Waals surface area contributed by atoms with Gasteiger partial charge < -0.3 is 33.5 Å². The molecular weight excluding hydrogens is 219 g/mol. The second-order valence-electron chi connectivity index (χ2n) is 2.96. The molecule has 0 aliphatic carbocycles. The van der Waals surface area contributed by atoms with Crippen LogP contribution in [0.2, 0.25) is 0 Å². The Morgan fingerprint density at radius 2 is 1.36 bits per heavy atom. The molecule has 0 saturated heterocycles. The van der Waals surface area contributed by atoms with Crippen LogP contribution in [0.3, 0.4) is 0 Å². The number of rotatable bonds is 5. The van der Waals surface area contributed by atoms with Gasteiger partial charge in [-0.2, -0.15) is 0 Å². The molecule has 0 amide bonds. The molecule has 6 nitrogen and oxygen atoms in total. The van der Waals surface area contributed by atoms with Gasteiger partial charge in [-0.25, -0.2) is 0 Å². The quantitative estimate of drug-likeness (QED) is 0.267. The second kappa shape index (κ2) is 8.24. The summed E-state index contributed by atoms with van der Waals surface area (Å²) < 4.78 is 0. The molecule has 82 valence electrons. The minimum absolute atomic E-state index is 0. The number of hydrogen-bond donors (Lipinski definition) is 6. The number of aliphatic hydroxyl groups is 6. The van der Waals surface area contributed by atoms with Gasteiger partial charge >= 0.3 is 23.1 Å². The summed E-state index contributed by atoms with van der Waals surface area (Å²) in [6.45, 7) is -0.720. The zero-order valence-electron chi connectivity index (χ0n) is 9.98. The first-order chi connectivity index (χ1) is 5.91. The third kappa shape index (κ3) is 5.23. The van der Waals surface area contributed by atoms with E-state index in [1.165, 1.54) is 0 Å². The summed E-state index contributed by atoms with van der Waals surface area (Å²) >= 11 is 0.234. The van der Waals surface area contributed by atoms with E-state index in [1.54, 1.807) is 0 Å². The molecule has 8 heteroatoms. The van der Waals surface area contributed by atoms with Crippen LogP contribution >= 0.6 is 0 Å². The summed E-state index contributed by atoms with van der Waals surface area (Å²) in [5.74, 6) is 0. The molecule has 14 heavy (non-hydrogen) atoms. The van der Waals surface area contributed by atoms with Crippen molar-refractivity contribution in [3.05, 3.63) is 0 Å². The van der Waals surface area contributed by atoms with Gasteiger partial charge in [-0.15, -0.1) is 0 Å². The molecule has 0 saturated carbocycles. The largest absolute Gasteiger partial charge is 2.00 e. The van der Waals surface area contributed by atoms with Crippen molar-refractivity contribution >= 4 is 39.3 Å². The van der Waals surface area contributed by atoms with Crippen LogP contribution in [0.4, 0.5) is 0 Å². The topological polar surface area (TPSA) is 121 Å². The van der Waals surface area contributed by atoms with Crippen LogP contribution in [0, 0.1) is 0 Å². The zero-order valence-corrected chi connectivity index (χ0v) is 11.4. The Kier molecular flexibility index (Phi) is 10.3. The average molecular weight is 236 g/mol. The molecule has 5 atom stereocenters. The van der Waals surface area contributed by atoms with E-state index in [1.807, 2.05) is 0 Å². The zero-order chi connectivity index (χ0) is 10.6. The van der Waals surface area contributed by atoms with Crippen molar-refractivity contribution in [3.8, 4) is 0 Å². The first-order valence-corrected chi connectivity index (χ1v) is 5.08. The Hall–Kier alpha value is 1.06. The molecule has 0 aliphatic heterocycles. The van der Waals surface area contributed by atoms with E-state index in [-0.39, 0.29) is 42.2 Å². The first-order valence-electron chi connectivity index (χ1n) is 3.93. The first kappa shape index (κ1) is 17.5. The monoisotopic (exact) mass is 236 g/mol. The number of hydrogen-bond acceptors (Lipinski definition) is 6. The molecule has 0 heterocycles. The molecule has 1 unspecified atom stereocenters. The van der Waals surface area contributed by atoms with Gasteiger partial charge in [0.15, 0.2) is 0 Å². The van der Waals surface area contributed by atoms with Crippen LogP contribution < -0.4 is 0 Å². The van der Waals surface area contributed by atoms with Gasteiger partial charge in [0.2, 0.25) is 0 Å². The van der Waals surface area contributed by atoms with Gasteiger partial charge in [0, 0.05) is 4.97 Å². The van der Waals surface area contributed by atoms with Crippen molar-refractivity contribution in [2.75, 3.05) is 6.61 Å². The molecular formula is C6H17AlMgO6. The normalized spacial score (nSPS) is 21.6. The van der Waals surface area contributed by atoms with E-state index in [2.05, 4.69) is 0 Å². The van der Waals surface area contributed by atoms with Crippen molar-refractivity contribution < 1.29 is 33.5 Å². The summed E-state index contributed by atoms with van der Waals surface area (Å²) in [6, 6.07) is 0. The molecule has 0 aromatic heterocycles. The van der Waals surface area contributed by atoms with Crippen LogP contribution in [0.15, 0.2) is 0 Å². The predicted molar refractivity (Wildman–Crippen MR) is 53.6 cm³/mol. The Balaban J connectivity index is -0.000000240. The van der Waals surface area contributed by atoms with Gasteiger partial charge in [0.25, 0.3) is 16.3 Å². The Bertz CT molecular complexity index is 157. The molecule has 0 bridgehead atoms. The van der Waals surface area contributed by atoms with E-state index in [9.17, 15) is 0 Å². The standard InChI is InChI=1S/C6H13O6.Al.Mg.4H/c7-1-3(9)5(11)6(12)4(10)2-8;;;;;;/h1,3-12H,2H2;;;;;;/q;;+2;;;2*-1/t3-,4+,5+,6+;;;;;;/m0....../s1. The molecule has 0 aromatic carbocycles. The Labute approximate surface area is 109 Å². The molecule has 6 N–H and O–H groups in total. The van der Waals surface area contributed by atoms with Crippen LogP contribution in [0.1, 0.15) is 2.85 Å². The van der Waals surface area contributed by atoms with E-state index in [4.69, 9.17) is 30.6 Å². The Morgan fingerprint density at radius 1 is 0.929 bits per heavy atom.